The molecule has 1 atom stereocenters. The maximum absolute atomic E-state index is 12.3. The number of hydrogen-bond donors (Lipinski definition) is 1. The highest BCUT2D eigenvalue weighted by atomic mass is 32.2. The predicted molar refractivity (Wildman–Crippen MR) is 92.9 cm³/mol. The summed E-state index contributed by atoms with van der Waals surface area (Å²) < 4.78 is 21.2. The van der Waals surface area contributed by atoms with Crippen molar-refractivity contribution in [1.82, 2.24) is 10.3 Å². The van der Waals surface area contributed by atoms with Crippen LogP contribution in [0, 0.1) is 0 Å². The first-order valence-corrected chi connectivity index (χ1v) is 8.47. The van der Waals surface area contributed by atoms with Gasteiger partial charge in [0.05, 0.1) is 12.2 Å². The molecule has 0 fully saturated rings. The van der Waals surface area contributed by atoms with E-state index in [0.29, 0.717) is 11.4 Å². The molecular weight excluding hydrogens is 314 g/mol. The van der Waals surface area contributed by atoms with Crippen molar-refractivity contribution in [2.45, 2.75) is 51.9 Å². The molecule has 128 valence electrons. The summed E-state index contributed by atoms with van der Waals surface area (Å²) in [6.07, 6.45) is 1.07. The largest absolute Gasteiger partial charge is 0.591 e. The van der Waals surface area contributed by atoms with E-state index >= 15 is 0 Å². The number of nitrogens with one attached hydrogen (secondary N) is 1. The van der Waals surface area contributed by atoms with E-state index in [2.05, 4.69) is 14.7 Å². The maximum atomic E-state index is 12.3. The third-order valence-corrected chi connectivity index (χ3v) is 3.91. The van der Waals surface area contributed by atoms with E-state index in [1.807, 2.05) is 26.8 Å². The first kappa shape index (κ1) is 19.4. The molecule has 0 aliphatic rings. The first-order valence-electron chi connectivity index (χ1n) is 7.37. The minimum absolute atomic E-state index is 0.0910. The van der Waals surface area contributed by atoms with Crippen molar-refractivity contribution in [2.75, 3.05) is 6.54 Å². The Morgan fingerprint density at radius 3 is 2.43 bits per heavy atom. The number of alkyl carbamates (subject to hydrolysis) is 1. The lowest BCUT2D eigenvalue weighted by Gasteiger charge is -2.21. The van der Waals surface area contributed by atoms with Crippen LogP contribution < -0.4 is 5.32 Å². The lowest BCUT2D eigenvalue weighted by molar-refractivity contribution is 0.0536. The zero-order chi connectivity index (χ0) is 17.7. The Morgan fingerprint density at radius 1 is 1.30 bits per heavy atom. The molecule has 0 aliphatic carbocycles. The summed E-state index contributed by atoms with van der Waals surface area (Å²) in [6, 6.07) is 5.35. The molecule has 1 aromatic rings. The summed E-state index contributed by atoms with van der Waals surface area (Å²) in [5.74, 6) is 0. The molecule has 1 unspecified atom stereocenters. The normalized spacial score (nSPS) is 14.3. The number of aromatic nitrogens is 1. The highest BCUT2D eigenvalue weighted by Gasteiger charge is 2.28. The van der Waals surface area contributed by atoms with Gasteiger partial charge in [0.2, 0.25) is 0 Å². The van der Waals surface area contributed by atoms with E-state index in [0.717, 1.165) is 0 Å². The van der Waals surface area contributed by atoms with Crippen LogP contribution in [0.1, 0.15) is 47.2 Å². The minimum Gasteiger partial charge on any atom is -0.591 e. The Hall–Kier alpha value is -1.60. The lowest BCUT2D eigenvalue weighted by Crippen LogP contribution is -2.37. The minimum atomic E-state index is -1.45. The number of carbonyl (C=O) groups is 1. The van der Waals surface area contributed by atoms with Crippen molar-refractivity contribution in [2.24, 2.45) is 4.40 Å². The van der Waals surface area contributed by atoms with Crippen molar-refractivity contribution < 1.29 is 14.1 Å². The molecule has 0 aromatic carbocycles. The predicted octanol–water partition coefficient (Wildman–Crippen LogP) is 2.86. The number of pyridine rings is 1. The van der Waals surface area contributed by atoms with Gasteiger partial charge in [0.25, 0.3) is 0 Å². The summed E-state index contributed by atoms with van der Waals surface area (Å²) in [5.41, 5.74) is 0.437. The van der Waals surface area contributed by atoms with Crippen LogP contribution in [0.3, 0.4) is 0 Å². The third kappa shape index (κ3) is 7.47. The van der Waals surface area contributed by atoms with Crippen LogP contribution in [0.15, 0.2) is 28.8 Å². The highest BCUT2D eigenvalue weighted by molar-refractivity contribution is 7.91. The average molecular weight is 339 g/mol. The molecule has 1 amide bonds. The van der Waals surface area contributed by atoms with E-state index < -0.39 is 27.8 Å². The Kier molecular flexibility index (Phi) is 6.58. The van der Waals surface area contributed by atoms with Crippen molar-refractivity contribution in [3.8, 4) is 0 Å². The van der Waals surface area contributed by atoms with Crippen molar-refractivity contribution >= 4 is 23.2 Å². The standard InChI is InChI=1S/C16H25N3O3S/c1-15(2,3)22-14(20)18-11-13(12-9-7-8-10-17-12)19-23(21)16(4,5)6/h7-10H,11H2,1-6H3,(H,18,20). The highest BCUT2D eigenvalue weighted by Crippen LogP contribution is 2.18. The number of nitrogens with zero attached hydrogens (tertiary/aromatic N) is 2. The van der Waals surface area contributed by atoms with Crippen molar-refractivity contribution in [3.05, 3.63) is 30.1 Å². The third-order valence-electron chi connectivity index (χ3n) is 2.48. The van der Waals surface area contributed by atoms with E-state index in [4.69, 9.17) is 4.74 Å². The topological polar surface area (TPSA) is 86.6 Å². The Labute approximate surface area is 141 Å². The molecule has 6 nitrogen and oxygen atoms in total. The number of rotatable bonds is 4. The van der Waals surface area contributed by atoms with E-state index in [9.17, 15) is 9.35 Å². The van der Waals surface area contributed by atoms with Gasteiger partial charge in [-0.25, -0.2) is 4.79 Å². The van der Waals surface area contributed by atoms with Gasteiger partial charge in [-0.3, -0.25) is 4.98 Å². The molecule has 0 saturated heterocycles. The second-order valence-electron chi connectivity index (χ2n) is 6.97. The Bertz CT molecular complexity index is 548. The molecule has 0 bridgehead atoms. The fraction of sp³-hybridized carbons (Fsp3) is 0.562. The van der Waals surface area contributed by atoms with Gasteiger partial charge in [-0.05, 0) is 53.7 Å². The van der Waals surface area contributed by atoms with E-state index in [1.54, 1.807) is 39.1 Å². The molecule has 7 heteroatoms. The number of carbonyl (C=O) groups excluding carboxylic acids is 1. The van der Waals surface area contributed by atoms with Crippen molar-refractivity contribution in [3.63, 3.8) is 0 Å². The van der Waals surface area contributed by atoms with Crippen LogP contribution in [0.5, 0.6) is 0 Å². The summed E-state index contributed by atoms with van der Waals surface area (Å²) in [7, 11) is 0. The SMILES string of the molecule is CC(C)(C)OC(=O)NCC(=N[S+]([O-])C(C)(C)C)c1ccccn1. The van der Waals surface area contributed by atoms with Crippen LogP contribution in [0.4, 0.5) is 4.79 Å². The summed E-state index contributed by atoms with van der Waals surface area (Å²) in [6.45, 7) is 11.0. The lowest BCUT2D eigenvalue weighted by atomic mass is 10.2. The average Bonchev–Trinajstić information content (AvgIpc) is 2.41. The molecule has 0 radical (unpaired) electrons. The molecule has 0 saturated carbocycles. The molecule has 1 N–H and O–H groups in total. The molecule has 0 spiro atoms. The fourth-order valence-corrected chi connectivity index (χ4v) is 2.04. The fourth-order valence-electron chi connectivity index (χ4n) is 1.41. The molecular formula is C16H25N3O3S. The van der Waals surface area contributed by atoms with Crippen LogP contribution in [0.2, 0.25) is 0 Å². The first-order chi connectivity index (χ1) is 10.5. The maximum Gasteiger partial charge on any atom is 0.407 e. The van der Waals surface area contributed by atoms with Gasteiger partial charge < -0.3 is 14.6 Å². The van der Waals surface area contributed by atoms with E-state index in [1.165, 1.54) is 0 Å². The molecule has 23 heavy (non-hydrogen) atoms. The zero-order valence-corrected chi connectivity index (χ0v) is 15.4. The van der Waals surface area contributed by atoms with Gasteiger partial charge in [-0.2, -0.15) is 0 Å². The van der Waals surface area contributed by atoms with Crippen LogP contribution >= 0.6 is 0 Å². The summed E-state index contributed by atoms with van der Waals surface area (Å²) in [5, 5.41) is 2.63. The van der Waals surface area contributed by atoms with Gasteiger partial charge in [-0.15, -0.1) is 0 Å². The van der Waals surface area contributed by atoms with Gasteiger partial charge in [0, 0.05) is 6.20 Å². The zero-order valence-electron chi connectivity index (χ0n) is 14.5. The molecule has 1 heterocycles. The van der Waals surface area contributed by atoms with Crippen LogP contribution in [0.25, 0.3) is 0 Å². The number of ether oxygens (including phenoxy) is 1. The second-order valence-corrected chi connectivity index (χ2v) is 8.88. The molecule has 1 aromatic heterocycles. The van der Waals surface area contributed by atoms with Gasteiger partial charge in [0.1, 0.15) is 27.4 Å². The molecule has 1 rings (SSSR count). The Balaban J connectivity index is 2.90. The number of hydrogen-bond acceptors (Lipinski definition) is 5. The Morgan fingerprint density at radius 2 is 1.96 bits per heavy atom. The monoisotopic (exact) mass is 339 g/mol. The van der Waals surface area contributed by atoms with Crippen LogP contribution in [-0.4, -0.2) is 38.2 Å². The smallest absolute Gasteiger partial charge is 0.407 e. The second kappa shape index (κ2) is 7.79. The van der Waals surface area contributed by atoms with E-state index in [-0.39, 0.29) is 6.54 Å². The quantitative estimate of drug-likeness (QED) is 0.675. The van der Waals surface area contributed by atoms with Gasteiger partial charge in [0.15, 0.2) is 0 Å². The summed E-state index contributed by atoms with van der Waals surface area (Å²) in [4.78, 5) is 16.0. The van der Waals surface area contributed by atoms with Crippen LogP contribution in [-0.2, 0) is 16.1 Å². The number of amides is 1. The summed E-state index contributed by atoms with van der Waals surface area (Å²) >= 11 is -1.45. The van der Waals surface area contributed by atoms with Crippen molar-refractivity contribution in [1.29, 1.82) is 0 Å². The van der Waals surface area contributed by atoms with Gasteiger partial charge in [-0.1, -0.05) is 10.5 Å². The van der Waals surface area contributed by atoms with Gasteiger partial charge >= 0.3 is 6.09 Å². The molecule has 0 aliphatic heterocycles.